The van der Waals surface area contributed by atoms with E-state index in [4.69, 9.17) is 5.73 Å². The van der Waals surface area contributed by atoms with Crippen LogP contribution in [0.5, 0.6) is 0 Å². The lowest BCUT2D eigenvalue weighted by Crippen LogP contribution is -2.23. The number of aryl methyl sites for hydroxylation is 2. The molecule has 0 fully saturated rings. The zero-order chi connectivity index (χ0) is 12.8. The van der Waals surface area contributed by atoms with Gasteiger partial charge in [0, 0.05) is 6.04 Å². The summed E-state index contributed by atoms with van der Waals surface area (Å²) in [6, 6.07) is 6.96. The van der Waals surface area contributed by atoms with Crippen molar-refractivity contribution in [3.05, 3.63) is 34.9 Å². The molecule has 0 aliphatic carbocycles. The zero-order valence-electron chi connectivity index (χ0n) is 11.8. The molecule has 1 aromatic rings. The van der Waals surface area contributed by atoms with E-state index in [9.17, 15) is 0 Å². The summed E-state index contributed by atoms with van der Waals surface area (Å²) in [5, 5.41) is 0. The Morgan fingerprint density at radius 2 is 1.82 bits per heavy atom. The van der Waals surface area contributed by atoms with E-state index in [0.717, 1.165) is 18.8 Å². The van der Waals surface area contributed by atoms with Crippen LogP contribution in [0.2, 0.25) is 0 Å². The molecule has 0 bridgehead atoms. The van der Waals surface area contributed by atoms with Gasteiger partial charge in [-0.15, -0.1) is 0 Å². The van der Waals surface area contributed by atoms with Crippen molar-refractivity contribution in [1.82, 2.24) is 0 Å². The van der Waals surface area contributed by atoms with Gasteiger partial charge in [-0.2, -0.15) is 0 Å². The van der Waals surface area contributed by atoms with Gasteiger partial charge in [0.1, 0.15) is 0 Å². The predicted molar refractivity (Wildman–Crippen MR) is 76.3 cm³/mol. The van der Waals surface area contributed by atoms with E-state index in [2.05, 4.69) is 45.9 Å². The Morgan fingerprint density at radius 3 is 2.47 bits per heavy atom. The van der Waals surface area contributed by atoms with Gasteiger partial charge >= 0.3 is 0 Å². The van der Waals surface area contributed by atoms with Crippen molar-refractivity contribution in [3.8, 4) is 0 Å². The fourth-order valence-electron chi connectivity index (χ4n) is 2.19. The van der Waals surface area contributed by atoms with Gasteiger partial charge in [0.05, 0.1) is 0 Å². The van der Waals surface area contributed by atoms with Crippen LogP contribution in [-0.4, -0.2) is 6.04 Å². The first kappa shape index (κ1) is 14.2. The van der Waals surface area contributed by atoms with E-state index < -0.39 is 0 Å². The number of benzene rings is 1. The molecule has 0 heterocycles. The van der Waals surface area contributed by atoms with Crippen molar-refractivity contribution < 1.29 is 0 Å². The lowest BCUT2D eigenvalue weighted by Gasteiger charge is -2.14. The van der Waals surface area contributed by atoms with E-state index >= 15 is 0 Å². The molecule has 0 aliphatic heterocycles. The summed E-state index contributed by atoms with van der Waals surface area (Å²) in [5.74, 6) is 0.794. The van der Waals surface area contributed by atoms with Gasteiger partial charge < -0.3 is 5.73 Å². The molecule has 0 saturated heterocycles. The van der Waals surface area contributed by atoms with Crippen molar-refractivity contribution in [2.75, 3.05) is 0 Å². The van der Waals surface area contributed by atoms with E-state index in [-0.39, 0.29) is 0 Å². The molecular weight excluding hydrogens is 206 g/mol. The summed E-state index contributed by atoms with van der Waals surface area (Å²) in [4.78, 5) is 0. The minimum Gasteiger partial charge on any atom is -0.327 e. The van der Waals surface area contributed by atoms with Gasteiger partial charge in [-0.25, -0.2) is 0 Å². The molecule has 96 valence electrons. The molecule has 1 heteroatoms. The number of rotatable bonds is 6. The third-order valence-electron chi connectivity index (χ3n) is 3.34. The summed E-state index contributed by atoms with van der Waals surface area (Å²) < 4.78 is 0. The first-order chi connectivity index (χ1) is 7.99. The highest BCUT2D eigenvalue weighted by Crippen LogP contribution is 2.15. The second-order valence-corrected chi connectivity index (χ2v) is 5.72. The Labute approximate surface area is 106 Å². The maximum absolute atomic E-state index is 6.21. The van der Waals surface area contributed by atoms with Crippen LogP contribution in [0.15, 0.2) is 18.2 Å². The number of hydrogen-bond acceptors (Lipinski definition) is 1. The van der Waals surface area contributed by atoms with Crippen LogP contribution in [0.4, 0.5) is 0 Å². The first-order valence-electron chi connectivity index (χ1n) is 6.80. The highest BCUT2D eigenvalue weighted by Gasteiger charge is 2.07. The fraction of sp³-hybridized carbons (Fsp3) is 0.625. The third-order valence-corrected chi connectivity index (χ3v) is 3.34. The summed E-state index contributed by atoms with van der Waals surface area (Å²) in [6.45, 7) is 8.87. The fourth-order valence-corrected chi connectivity index (χ4v) is 2.19. The van der Waals surface area contributed by atoms with Gasteiger partial charge in [0.2, 0.25) is 0 Å². The van der Waals surface area contributed by atoms with E-state index in [1.807, 2.05) is 0 Å². The highest BCUT2D eigenvalue weighted by molar-refractivity contribution is 5.31. The van der Waals surface area contributed by atoms with Gasteiger partial charge in [-0.1, -0.05) is 50.5 Å². The SMILES string of the molecule is Cc1ccc(C)c(CC(N)CCCC(C)C)c1. The van der Waals surface area contributed by atoms with Crippen LogP contribution < -0.4 is 5.73 Å². The molecule has 1 nitrogen and oxygen atoms in total. The first-order valence-corrected chi connectivity index (χ1v) is 6.80. The maximum Gasteiger partial charge on any atom is 0.00794 e. The summed E-state index contributed by atoms with van der Waals surface area (Å²) in [6.07, 6.45) is 4.71. The highest BCUT2D eigenvalue weighted by atomic mass is 14.6. The molecule has 0 aromatic heterocycles. The molecule has 1 aromatic carbocycles. The second kappa shape index (κ2) is 6.80. The molecule has 17 heavy (non-hydrogen) atoms. The third kappa shape index (κ3) is 5.36. The average Bonchev–Trinajstić information content (AvgIpc) is 2.23. The Bertz CT molecular complexity index is 341. The average molecular weight is 233 g/mol. The Balaban J connectivity index is 2.44. The molecule has 0 saturated carbocycles. The van der Waals surface area contributed by atoms with Crippen molar-refractivity contribution >= 4 is 0 Å². The van der Waals surface area contributed by atoms with Crippen LogP contribution in [-0.2, 0) is 6.42 Å². The van der Waals surface area contributed by atoms with Crippen molar-refractivity contribution in [2.24, 2.45) is 11.7 Å². The van der Waals surface area contributed by atoms with Crippen molar-refractivity contribution in [3.63, 3.8) is 0 Å². The van der Waals surface area contributed by atoms with Gasteiger partial charge in [0.15, 0.2) is 0 Å². The lowest BCUT2D eigenvalue weighted by molar-refractivity contribution is 0.495. The van der Waals surface area contributed by atoms with Crippen LogP contribution in [0, 0.1) is 19.8 Å². The van der Waals surface area contributed by atoms with Gasteiger partial charge in [-0.3, -0.25) is 0 Å². The van der Waals surface area contributed by atoms with Crippen LogP contribution >= 0.6 is 0 Å². The van der Waals surface area contributed by atoms with Crippen molar-refractivity contribution in [2.45, 2.75) is 59.4 Å². The maximum atomic E-state index is 6.21. The Morgan fingerprint density at radius 1 is 1.12 bits per heavy atom. The molecular formula is C16H27N. The van der Waals surface area contributed by atoms with E-state index in [0.29, 0.717) is 6.04 Å². The van der Waals surface area contributed by atoms with Gasteiger partial charge in [-0.05, 0) is 43.7 Å². The molecule has 0 amide bonds. The zero-order valence-corrected chi connectivity index (χ0v) is 11.8. The van der Waals surface area contributed by atoms with Crippen LogP contribution in [0.1, 0.15) is 49.8 Å². The molecule has 1 rings (SSSR count). The molecule has 0 radical (unpaired) electrons. The monoisotopic (exact) mass is 233 g/mol. The normalized spacial score (nSPS) is 13.1. The molecule has 1 atom stereocenters. The summed E-state index contributed by atoms with van der Waals surface area (Å²) in [5.41, 5.74) is 10.3. The van der Waals surface area contributed by atoms with Gasteiger partial charge in [0.25, 0.3) is 0 Å². The van der Waals surface area contributed by atoms with Crippen LogP contribution in [0.3, 0.4) is 0 Å². The topological polar surface area (TPSA) is 26.0 Å². The molecule has 0 aliphatic rings. The van der Waals surface area contributed by atoms with Crippen molar-refractivity contribution in [1.29, 1.82) is 0 Å². The number of hydrogen-bond donors (Lipinski definition) is 1. The predicted octanol–water partition coefficient (Wildman–Crippen LogP) is 4.00. The minimum atomic E-state index is 0.314. The largest absolute Gasteiger partial charge is 0.327 e. The van der Waals surface area contributed by atoms with E-state index in [1.165, 1.54) is 29.5 Å². The Hall–Kier alpha value is -0.820. The van der Waals surface area contributed by atoms with Crippen LogP contribution in [0.25, 0.3) is 0 Å². The smallest absolute Gasteiger partial charge is 0.00794 e. The van der Waals surface area contributed by atoms with E-state index in [1.54, 1.807) is 0 Å². The standard InChI is InChI=1S/C16H27N/c1-12(2)6-5-7-16(17)11-15-10-13(3)8-9-14(15)4/h8-10,12,16H,5-7,11,17H2,1-4H3. The minimum absolute atomic E-state index is 0.314. The second-order valence-electron chi connectivity index (χ2n) is 5.72. The molecule has 1 unspecified atom stereocenters. The number of nitrogens with two attached hydrogens (primary N) is 1. The summed E-state index contributed by atoms with van der Waals surface area (Å²) >= 11 is 0. The lowest BCUT2D eigenvalue weighted by atomic mass is 9.95. The summed E-state index contributed by atoms with van der Waals surface area (Å²) in [7, 11) is 0. The molecule has 2 N–H and O–H groups in total. The molecule has 0 spiro atoms. The Kier molecular flexibility index (Phi) is 5.70. The quantitative estimate of drug-likeness (QED) is 0.789.